The van der Waals surface area contributed by atoms with Gasteiger partial charge in [-0.3, -0.25) is 14.6 Å². The van der Waals surface area contributed by atoms with E-state index < -0.39 is 5.91 Å². The van der Waals surface area contributed by atoms with E-state index in [1.54, 1.807) is 12.1 Å². The smallest absolute Gasteiger partial charge is 0.258 e. The molecule has 2 amide bonds. The molecule has 0 saturated carbocycles. The van der Waals surface area contributed by atoms with Crippen LogP contribution in [0.25, 0.3) is 0 Å². The third-order valence-corrected chi connectivity index (χ3v) is 3.19. The normalized spacial score (nSPS) is 10.0. The van der Waals surface area contributed by atoms with E-state index in [0.29, 0.717) is 21.4 Å². The molecular weight excluding hydrogens is 313 g/mol. The maximum Gasteiger partial charge on any atom is 0.258 e. The standard InChI is InChI=1S/C14H11Cl2N3O2/c1-8(20)18-13-3-2-9(6-12(13)16)19-14(21)10-7-17-5-4-11(10)15/h2-7H,1H3,(H,18,20)(H,19,21). The summed E-state index contributed by atoms with van der Waals surface area (Å²) in [6.07, 6.45) is 2.88. The van der Waals surface area contributed by atoms with E-state index in [4.69, 9.17) is 23.2 Å². The predicted molar refractivity (Wildman–Crippen MR) is 83.0 cm³/mol. The van der Waals surface area contributed by atoms with Crippen LogP contribution in [-0.4, -0.2) is 16.8 Å². The minimum Gasteiger partial charge on any atom is -0.325 e. The number of amides is 2. The van der Waals surface area contributed by atoms with Crippen molar-refractivity contribution < 1.29 is 9.59 Å². The second kappa shape index (κ2) is 6.56. The zero-order valence-electron chi connectivity index (χ0n) is 11.0. The number of hydrogen-bond acceptors (Lipinski definition) is 3. The summed E-state index contributed by atoms with van der Waals surface area (Å²) in [6, 6.07) is 6.29. The van der Waals surface area contributed by atoms with E-state index >= 15 is 0 Å². The lowest BCUT2D eigenvalue weighted by Gasteiger charge is -2.09. The highest BCUT2D eigenvalue weighted by atomic mass is 35.5. The Hall–Kier alpha value is -2.11. The molecule has 0 fully saturated rings. The number of carbonyl (C=O) groups excluding carboxylic acids is 2. The van der Waals surface area contributed by atoms with E-state index in [0.717, 1.165) is 0 Å². The first-order valence-electron chi connectivity index (χ1n) is 5.95. The first kappa shape index (κ1) is 15.3. The van der Waals surface area contributed by atoms with Crippen molar-refractivity contribution in [2.75, 3.05) is 10.6 Å². The third-order valence-electron chi connectivity index (χ3n) is 2.55. The van der Waals surface area contributed by atoms with Gasteiger partial charge in [0.2, 0.25) is 5.91 Å². The minimum atomic E-state index is -0.392. The number of anilines is 2. The lowest BCUT2D eigenvalue weighted by molar-refractivity contribution is -0.114. The van der Waals surface area contributed by atoms with Gasteiger partial charge in [-0.25, -0.2) is 0 Å². The molecule has 0 bridgehead atoms. The average molecular weight is 324 g/mol. The van der Waals surface area contributed by atoms with Crippen LogP contribution in [0.5, 0.6) is 0 Å². The van der Waals surface area contributed by atoms with Crippen LogP contribution in [0.3, 0.4) is 0 Å². The molecule has 0 radical (unpaired) electrons. The van der Waals surface area contributed by atoms with Crippen LogP contribution in [0, 0.1) is 0 Å². The van der Waals surface area contributed by atoms with E-state index in [1.165, 1.54) is 31.5 Å². The Labute approximate surface area is 131 Å². The van der Waals surface area contributed by atoms with Crippen molar-refractivity contribution in [3.8, 4) is 0 Å². The zero-order valence-corrected chi connectivity index (χ0v) is 12.5. The van der Waals surface area contributed by atoms with Crippen LogP contribution in [0.2, 0.25) is 10.0 Å². The van der Waals surface area contributed by atoms with E-state index in [9.17, 15) is 9.59 Å². The molecule has 0 atom stereocenters. The van der Waals surface area contributed by atoms with Crippen molar-refractivity contribution in [2.24, 2.45) is 0 Å². The SMILES string of the molecule is CC(=O)Nc1ccc(NC(=O)c2cnccc2Cl)cc1Cl. The fraction of sp³-hybridized carbons (Fsp3) is 0.0714. The lowest BCUT2D eigenvalue weighted by atomic mass is 10.2. The van der Waals surface area contributed by atoms with Gasteiger partial charge in [-0.2, -0.15) is 0 Å². The number of nitrogens with zero attached hydrogens (tertiary/aromatic N) is 1. The Bertz CT molecular complexity index is 704. The summed E-state index contributed by atoms with van der Waals surface area (Å²) < 4.78 is 0. The van der Waals surface area contributed by atoms with Crippen LogP contribution in [0.4, 0.5) is 11.4 Å². The van der Waals surface area contributed by atoms with Crippen LogP contribution in [0.1, 0.15) is 17.3 Å². The number of carbonyl (C=O) groups is 2. The molecule has 0 spiro atoms. The first-order chi connectivity index (χ1) is 9.97. The summed E-state index contributed by atoms with van der Waals surface area (Å²) in [5.41, 5.74) is 1.22. The second-order valence-electron chi connectivity index (χ2n) is 4.19. The fourth-order valence-corrected chi connectivity index (χ4v) is 2.05. The molecule has 108 valence electrons. The maximum absolute atomic E-state index is 12.1. The highest BCUT2D eigenvalue weighted by Crippen LogP contribution is 2.26. The van der Waals surface area contributed by atoms with Crippen molar-refractivity contribution in [2.45, 2.75) is 6.92 Å². The van der Waals surface area contributed by atoms with Crippen molar-refractivity contribution in [1.82, 2.24) is 4.98 Å². The zero-order chi connectivity index (χ0) is 15.4. The van der Waals surface area contributed by atoms with Crippen molar-refractivity contribution in [3.05, 3.63) is 52.3 Å². The van der Waals surface area contributed by atoms with Gasteiger partial charge in [-0.15, -0.1) is 0 Å². The van der Waals surface area contributed by atoms with Crippen LogP contribution < -0.4 is 10.6 Å². The second-order valence-corrected chi connectivity index (χ2v) is 5.00. The Morgan fingerprint density at radius 2 is 1.86 bits per heavy atom. The number of hydrogen-bond donors (Lipinski definition) is 2. The number of rotatable bonds is 3. The molecule has 0 aliphatic heterocycles. The summed E-state index contributed by atoms with van der Waals surface area (Å²) in [4.78, 5) is 26.9. The quantitative estimate of drug-likeness (QED) is 0.906. The lowest BCUT2D eigenvalue weighted by Crippen LogP contribution is -2.13. The molecular formula is C14H11Cl2N3O2. The molecule has 0 unspecified atom stereocenters. The van der Waals surface area contributed by atoms with Crippen LogP contribution in [-0.2, 0) is 4.79 Å². The predicted octanol–water partition coefficient (Wildman–Crippen LogP) is 3.60. The third kappa shape index (κ3) is 3.93. The summed E-state index contributed by atoms with van der Waals surface area (Å²) in [5.74, 6) is -0.618. The molecule has 0 aliphatic carbocycles. The fourth-order valence-electron chi connectivity index (χ4n) is 1.63. The monoisotopic (exact) mass is 323 g/mol. The first-order valence-corrected chi connectivity index (χ1v) is 6.71. The summed E-state index contributed by atoms with van der Waals surface area (Å²) in [6.45, 7) is 1.39. The molecule has 21 heavy (non-hydrogen) atoms. The van der Waals surface area contributed by atoms with E-state index in [1.807, 2.05) is 0 Å². The number of benzene rings is 1. The van der Waals surface area contributed by atoms with Crippen molar-refractivity contribution >= 4 is 46.4 Å². The highest BCUT2D eigenvalue weighted by Gasteiger charge is 2.11. The van der Waals surface area contributed by atoms with Gasteiger partial charge in [-0.1, -0.05) is 23.2 Å². The van der Waals surface area contributed by atoms with Crippen molar-refractivity contribution in [1.29, 1.82) is 0 Å². The van der Waals surface area contributed by atoms with Gasteiger partial charge >= 0.3 is 0 Å². The summed E-state index contributed by atoms with van der Waals surface area (Å²) in [7, 11) is 0. The number of aromatic nitrogens is 1. The molecule has 2 rings (SSSR count). The number of pyridine rings is 1. The van der Waals surface area contributed by atoms with Gasteiger partial charge in [0, 0.05) is 25.0 Å². The Morgan fingerprint density at radius 3 is 2.48 bits per heavy atom. The summed E-state index contributed by atoms with van der Waals surface area (Å²) >= 11 is 12.0. The minimum absolute atomic E-state index is 0.226. The van der Waals surface area contributed by atoms with Gasteiger partial charge in [0.05, 0.1) is 21.3 Å². The molecule has 0 saturated heterocycles. The summed E-state index contributed by atoms with van der Waals surface area (Å²) in [5, 5.41) is 5.87. The number of nitrogens with one attached hydrogen (secondary N) is 2. The largest absolute Gasteiger partial charge is 0.325 e. The molecule has 0 aliphatic rings. The molecule has 1 heterocycles. The molecule has 2 aromatic rings. The molecule has 1 aromatic carbocycles. The maximum atomic E-state index is 12.1. The Morgan fingerprint density at radius 1 is 1.10 bits per heavy atom. The van der Waals surface area contributed by atoms with Gasteiger partial charge in [0.25, 0.3) is 5.91 Å². The molecule has 2 N–H and O–H groups in total. The average Bonchev–Trinajstić information content (AvgIpc) is 2.42. The topological polar surface area (TPSA) is 71.1 Å². The van der Waals surface area contributed by atoms with Gasteiger partial charge < -0.3 is 10.6 Å². The van der Waals surface area contributed by atoms with Gasteiger partial charge in [-0.05, 0) is 24.3 Å². The van der Waals surface area contributed by atoms with Gasteiger partial charge in [0.15, 0.2) is 0 Å². The van der Waals surface area contributed by atoms with Crippen LogP contribution in [0.15, 0.2) is 36.7 Å². The molecule has 5 nitrogen and oxygen atoms in total. The van der Waals surface area contributed by atoms with Gasteiger partial charge in [0.1, 0.15) is 0 Å². The Balaban J connectivity index is 2.17. The van der Waals surface area contributed by atoms with E-state index in [2.05, 4.69) is 15.6 Å². The molecule has 1 aromatic heterocycles. The number of halogens is 2. The Kier molecular flexibility index (Phi) is 4.77. The highest BCUT2D eigenvalue weighted by molar-refractivity contribution is 6.35. The van der Waals surface area contributed by atoms with E-state index in [-0.39, 0.29) is 11.5 Å². The molecule has 7 heteroatoms. The van der Waals surface area contributed by atoms with Crippen LogP contribution >= 0.6 is 23.2 Å². The van der Waals surface area contributed by atoms with Crippen molar-refractivity contribution in [3.63, 3.8) is 0 Å².